The third-order valence-electron chi connectivity index (χ3n) is 2.60. The van der Waals surface area contributed by atoms with E-state index < -0.39 is 0 Å². The molecule has 3 nitrogen and oxygen atoms in total. The zero-order valence-electron chi connectivity index (χ0n) is 8.42. The van der Waals surface area contributed by atoms with Crippen LogP contribution in [0.25, 0.3) is 0 Å². The molecule has 76 valence electrons. The highest BCUT2D eigenvalue weighted by Crippen LogP contribution is 2.26. The number of hydrogen-bond donors (Lipinski definition) is 2. The molecule has 3 heteroatoms. The smallest absolute Gasteiger partial charge is 0.122 e. The van der Waals surface area contributed by atoms with E-state index in [-0.39, 0.29) is 6.17 Å². The second-order valence-electron chi connectivity index (χ2n) is 3.59. The number of aryl methyl sites for hydroxylation is 1. The molecule has 0 radical (unpaired) electrons. The van der Waals surface area contributed by atoms with Crippen molar-refractivity contribution in [2.75, 3.05) is 13.7 Å². The highest BCUT2D eigenvalue weighted by atomic mass is 16.5. The zero-order chi connectivity index (χ0) is 9.97. The zero-order valence-corrected chi connectivity index (χ0v) is 8.42. The first-order chi connectivity index (χ1) is 6.81. The van der Waals surface area contributed by atoms with Gasteiger partial charge in [0.1, 0.15) is 5.75 Å². The topological polar surface area (TPSA) is 47.3 Å². The lowest BCUT2D eigenvalue weighted by molar-refractivity contribution is 0.288. The van der Waals surface area contributed by atoms with Crippen molar-refractivity contribution in [2.24, 2.45) is 5.73 Å². The Morgan fingerprint density at radius 3 is 3.14 bits per heavy atom. The average molecular weight is 192 g/mol. The van der Waals surface area contributed by atoms with Crippen molar-refractivity contribution >= 4 is 0 Å². The molecule has 1 aromatic rings. The minimum Gasteiger partial charge on any atom is -0.493 e. The summed E-state index contributed by atoms with van der Waals surface area (Å²) >= 11 is 0. The summed E-state index contributed by atoms with van der Waals surface area (Å²) < 4.78 is 5.53. The third-order valence-corrected chi connectivity index (χ3v) is 2.60. The average Bonchev–Trinajstić information content (AvgIpc) is 2.27. The Labute approximate surface area is 84.3 Å². The van der Waals surface area contributed by atoms with Crippen molar-refractivity contribution in [3.63, 3.8) is 0 Å². The van der Waals surface area contributed by atoms with E-state index in [0.717, 1.165) is 30.8 Å². The van der Waals surface area contributed by atoms with Gasteiger partial charge >= 0.3 is 0 Å². The lowest BCUT2D eigenvalue weighted by atomic mass is 10.0. The molecule has 1 atom stereocenters. The lowest BCUT2D eigenvalue weighted by Gasteiger charge is -2.19. The van der Waals surface area contributed by atoms with Crippen LogP contribution >= 0.6 is 0 Å². The Morgan fingerprint density at radius 1 is 1.50 bits per heavy atom. The third kappa shape index (κ3) is 1.74. The van der Waals surface area contributed by atoms with Gasteiger partial charge in [-0.3, -0.25) is 0 Å². The predicted molar refractivity (Wildman–Crippen MR) is 56.2 cm³/mol. The predicted octanol–water partition coefficient (Wildman–Crippen LogP) is 1.19. The van der Waals surface area contributed by atoms with Crippen LogP contribution in [0.15, 0.2) is 18.2 Å². The van der Waals surface area contributed by atoms with Gasteiger partial charge in [0, 0.05) is 0 Å². The first kappa shape index (κ1) is 9.49. The molecule has 1 aliphatic rings. The van der Waals surface area contributed by atoms with Crippen LogP contribution < -0.4 is 15.8 Å². The summed E-state index contributed by atoms with van der Waals surface area (Å²) in [6, 6.07) is 6.17. The van der Waals surface area contributed by atoms with E-state index in [1.54, 1.807) is 0 Å². The van der Waals surface area contributed by atoms with Crippen LogP contribution in [0.5, 0.6) is 5.75 Å². The maximum absolute atomic E-state index is 5.88. The Balaban J connectivity index is 2.29. The molecule has 2 rings (SSSR count). The van der Waals surface area contributed by atoms with Gasteiger partial charge in [0.25, 0.3) is 0 Å². The summed E-state index contributed by atoms with van der Waals surface area (Å²) in [5.74, 6) is 1.02. The van der Waals surface area contributed by atoms with Crippen molar-refractivity contribution in [2.45, 2.75) is 19.0 Å². The van der Waals surface area contributed by atoms with E-state index in [4.69, 9.17) is 10.5 Å². The number of hydrogen-bond acceptors (Lipinski definition) is 3. The van der Waals surface area contributed by atoms with Crippen LogP contribution in [0.1, 0.15) is 23.7 Å². The summed E-state index contributed by atoms with van der Waals surface area (Å²) in [7, 11) is 1.86. The molecule has 0 aromatic heterocycles. The fourth-order valence-corrected chi connectivity index (χ4v) is 1.74. The van der Waals surface area contributed by atoms with E-state index in [2.05, 4.69) is 11.4 Å². The van der Waals surface area contributed by atoms with Gasteiger partial charge in [-0.25, -0.2) is 0 Å². The van der Waals surface area contributed by atoms with Crippen LogP contribution in [0.3, 0.4) is 0 Å². The van der Waals surface area contributed by atoms with Crippen LogP contribution in [-0.4, -0.2) is 13.7 Å². The summed E-state index contributed by atoms with van der Waals surface area (Å²) in [5, 5.41) is 3.02. The normalized spacial score (nSPS) is 17.0. The molecule has 1 unspecified atom stereocenters. The molecular weight excluding hydrogens is 176 g/mol. The van der Waals surface area contributed by atoms with Gasteiger partial charge in [-0.05, 0) is 43.1 Å². The summed E-state index contributed by atoms with van der Waals surface area (Å²) in [6.07, 6.45) is 2.12. The largest absolute Gasteiger partial charge is 0.493 e. The van der Waals surface area contributed by atoms with E-state index >= 15 is 0 Å². The second kappa shape index (κ2) is 3.98. The van der Waals surface area contributed by atoms with Crippen molar-refractivity contribution in [1.29, 1.82) is 0 Å². The molecule has 0 saturated heterocycles. The highest BCUT2D eigenvalue weighted by Gasteiger charge is 2.12. The molecule has 0 saturated carbocycles. The monoisotopic (exact) mass is 192 g/mol. The fraction of sp³-hybridized carbons (Fsp3) is 0.455. The number of rotatable bonds is 2. The number of benzene rings is 1. The molecule has 1 aliphatic heterocycles. The van der Waals surface area contributed by atoms with Crippen LogP contribution in [0.4, 0.5) is 0 Å². The standard InChI is InChI=1S/C11H16N2O/c1-13-11(12)9-4-5-10-8(7-9)3-2-6-14-10/h4-5,7,11,13H,2-3,6,12H2,1H3. The van der Waals surface area contributed by atoms with Gasteiger partial charge in [-0.1, -0.05) is 6.07 Å². The van der Waals surface area contributed by atoms with Crippen molar-refractivity contribution in [1.82, 2.24) is 5.32 Å². The molecule has 14 heavy (non-hydrogen) atoms. The molecule has 0 aliphatic carbocycles. The molecule has 0 fully saturated rings. The molecule has 0 spiro atoms. The van der Waals surface area contributed by atoms with Gasteiger partial charge < -0.3 is 15.8 Å². The maximum atomic E-state index is 5.88. The SMILES string of the molecule is CNC(N)c1ccc2c(c1)CCCO2. The Hall–Kier alpha value is -1.06. The van der Waals surface area contributed by atoms with Gasteiger partial charge in [-0.15, -0.1) is 0 Å². The first-order valence-electron chi connectivity index (χ1n) is 5.00. The number of ether oxygens (including phenoxy) is 1. The molecule has 1 aromatic carbocycles. The molecule has 0 amide bonds. The molecule has 1 heterocycles. The fourth-order valence-electron chi connectivity index (χ4n) is 1.74. The molecule has 3 N–H and O–H groups in total. The Kier molecular flexibility index (Phi) is 2.70. The lowest BCUT2D eigenvalue weighted by Crippen LogP contribution is -2.25. The van der Waals surface area contributed by atoms with E-state index in [0.29, 0.717) is 0 Å². The highest BCUT2D eigenvalue weighted by molar-refractivity contribution is 5.39. The summed E-state index contributed by atoms with van der Waals surface area (Å²) in [5.41, 5.74) is 8.27. The number of nitrogens with one attached hydrogen (secondary N) is 1. The molecule has 0 bridgehead atoms. The van der Waals surface area contributed by atoms with E-state index in [1.807, 2.05) is 19.2 Å². The first-order valence-corrected chi connectivity index (χ1v) is 5.00. The summed E-state index contributed by atoms with van der Waals surface area (Å²) in [6.45, 7) is 0.838. The number of fused-ring (bicyclic) bond motifs is 1. The minimum absolute atomic E-state index is 0.0813. The quantitative estimate of drug-likeness (QED) is 0.692. The minimum atomic E-state index is -0.0813. The maximum Gasteiger partial charge on any atom is 0.122 e. The van der Waals surface area contributed by atoms with E-state index in [9.17, 15) is 0 Å². The second-order valence-corrected chi connectivity index (χ2v) is 3.59. The van der Waals surface area contributed by atoms with E-state index in [1.165, 1.54) is 5.56 Å². The van der Waals surface area contributed by atoms with Gasteiger partial charge in [-0.2, -0.15) is 0 Å². The van der Waals surface area contributed by atoms with Gasteiger partial charge in [0.2, 0.25) is 0 Å². The summed E-state index contributed by atoms with van der Waals surface area (Å²) in [4.78, 5) is 0. The van der Waals surface area contributed by atoms with Crippen molar-refractivity contribution in [3.05, 3.63) is 29.3 Å². The number of nitrogens with two attached hydrogens (primary N) is 1. The van der Waals surface area contributed by atoms with Crippen LogP contribution in [0, 0.1) is 0 Å². The van der Waals surface area contributed by atoms with Crippen molar-refractivity contribution in [3.8, 4) is 5.75 Å². The van der Waals surface area contributed by atoms with Crippen LogP contribution in [0.2, 0.25) is 0 Å². The Morgan fingerprint density at radius 2 is 2.36 bits per heavy atom. The van der Waals surface area contributed by atoms with Crippen LogP contribution in [-0.2, 0) is 6.42 Å². The van der Waals surface area contributed by atoms with Gasteiger partial charge in [0.15, 0.2) is 0 Å². The molecular formula is C11H16N2O. The Bertz CT molecular complexity index is 325. The van der Waals surface area contributed by atoms with Gasteiger partial charge in [0.05, 0.1) is 12.8 Å². The van der Waals surface area contributed by atoms with Crippen molar-refractivity contribution < 1.29 is 4.74 Å².